The summed E-state index contributed by atoms with van der Waals surface area (Å²) in [6, 6.07) is 4.09. The predicted octanol–water partition coefficient (Wildman–Crippen LogP) is 0.860. The van der Waals surface area contributed by atoms with Gasteiger partial charge in [-0.25, -0.2) is 4.98 Å². The van der Waals surface area contributed by atoms with Crippen molar-refractivity contribution in [3.8, 4) is 0 Å². The lowest BCUT2D eigenvalue weighted by molar-refractivity contribution is -0.138. The van der Waals surface area contributed by atoms with Crippen molar-refractivity contribution in [2.24, 2.45) is 0 Å². The van der Waals surface area contributed by atoms with E-state index in [1.165, 1.54) is 5.56 Å². The van der Waals surface area contributed by atoms with Crippen molar-refractivity contribution in [3.63, 3.8) is 0 Å². The summed E-state index contributed by atoms with van der Waals surface area (Å²) in [5.74, 6) is -0.815. The van der Waals surface area contributed by atoms with Gasteiger partial charge in [0.15, 0.2) is 0 Å². The number of aromatic nitrogens is 2. The number of carboxylic acid groups (broad SMARTS) is 1. The van der Waals surface area contributed by atoms with E-state index in [9.17, 15) is 4.79 Å². The Bertz CT molecular complexity index is 715. The predicted molar refractivity (Wildman–Crippen MR) is 90.1 cm³/mol. The number of aliphatic carboxylic acids is 1. The van der Waals surface area contributed by atoms with Crippen LogP contribution in [0.4, 0.5) is 0 Å². The number of rotatable bonds is 6. The molecule has 0 bridgehead atoms. The highest BCUT2D eigenvalue weighted by Crippen LogP contribution is 2.13. The molecular weight excluding hydrogens is 308 g/mol. The molecule has 130 valence electrons. The van der Waals surface area contributed by atoms with Crippen molar-refractivity contribution in [3.05, 3.63) is 35.8 Å². The van der Waals surface area contributed by atoms with Crippen molar-refractivity contribution >= 4 is 11.6 Å². The molecule has 0 saturated carbocycles. The Hall–Kier alpha value is -1.96. The molecule has 2 aromatic heterocycles. The molecule has 0 aromatic carbocycles. The molecule has 0 spiro atoms. The molecule has 1 aliphatic heterocycles. The topological polar surface area (TPSA) is 70.3 Å². The second kappa shape index (κ2) is 7.29. The fourth-order valence-electron chi connectivity index (χ4n) is 3.14. The third-order valence-corrected chi connectivity index (χ3v) is 4.18. The minimum Gasteiger partial charge on any atom is -0.480 e. The van der Waals surface area contributed by atoms with E-state index in [-0.39, 0.29) is 12.6 Å². The summed E-state index contributed by atoms with van der Waals surface area (Å²) in [5, 5.41) is 8.85. The van der Waals surface area contributed by atoms with E-state index in [1.54, 1.807) is 11.9 Å². The Morgan fingerprint density at radius 2 is 2.29 bits per heavy atom. The van der Waals surface area contributed by atoms with E-state index in [1.807, 2.05) is 6.07 Å². The Morgan fingerprint density at radius 3 is 3.08 bits per heavy atom. The number of pyridine rings is 1. The molecule has 7 nitrogen and oxygen atoms in total. The number of hydrogen-bond acceptors (Lipinski definition) is 5. The van der Waals surface area contributed by atoms with Gasteiger partial charge in [-0.3, -0.25) is 14.6 Å². The van der Waals surface area contributed by atoms with Gasteiger partial charge in [-0.05, 0) is 25.6 Å². The van der Waals surface area contributed by atoms with Gasteiger partial charge in [0.2, 0.25) is 0 Å². The number of fused-ring (bicyclic) bond motifs is 1. The van der Waals surface area contributed by atoms with Crippen LogP contribution < -0.4 is 0 Å². The van der Waals surface area contributed by atoms with Crippen LogP contribution in [0.1, 0.15) is 11.3 Å². The van der Waals surface area contributed by atoms with Crippen LogP contribution in [0.5, 0.6) is 0 Å². The molecule has 1 aliphatic rings. The normalized spacial score (nSPS) is 19.2. The summed E-state index contributed by atoms with van der Waals surface area (Å²) in [4.78, 5) is 19.5. The quantitative estimate of drug-likeness (QED) is 0.846. The van der Waals surface area contributed by atoms with E-state index in [4.69, 9.17) is 9.84 Å². The molecule has 0 radical (unpaired) electrons. The summed E-state index contributed by atoms with van der Waals surface area (Å²) >= 11 is 0. The highest BCUT2D eigenvalue weighted by atomic mass is 16.5. The van der Waals surface area contributed by atoms with Crippen LogP contribution in [-0.4, -0.2) is 76.2 Å². The van der Waals surface area contributed by atoms with E-state index in [0.29, 0.717) is 13.2 Å². The molecule has 2 aromatic rings. The molecular formula is C17H24N4O3. The Morgan fingerprint density at radius 1 is 1.46 bits per heavy atom. The number of likely N-dealkylation sites (N-methyl/N-ethyl adjacent to an activating group) is 1. The number of nitrogens with zero attached hydrogens (tertiary/aromatic N) is 4. The maximum absolute atomic E-state index is 10.8. The van der Waals surface area contributed by atoms with Crippen LogP contribution in [0.25, 0.3) is 5.65 Å². The third-order valence-electron chi connectivity index (χ3n) is 4.18. The first kappa shape index (κ1) is 16.9. The zero-order valence-electron chi connectivity index (χ0n) is 14.2. The van der Waals surface area contributed by atoms with Gasteiger partial charge in [-0.2, -0.15) is 0 Å². The van der Waals surface area contributed by atoms with Crippen LogP contribution in [0, 0.1) is 6.92 Å². The van der Waals surface area contributed by atoms with Crippen molar-refractivity contribution in [1.29, 1.82) is 0 Å². The summed E-state index contributed by atoms with van der Waals surface area (Å²) in [5.41, 5.74) is 3.21. The van der Waals surface area contributed by atoms with E-state index < -0.39 is 5.97 Å². The summed E-state index contributed by atoms with van der Waals surface area (Å²) < 4.78 is 7.83. The maximum atomic E-state index is 10.8. The summed E-state index contributed by atoms with van der Waals surface area (Å²) in [7, 11) is 1.81. The molecule has 7 heteroatoms. The van der Waals surface area contributed by atoms with Crippen molar-refractivity contribution in [2.75, 3.05) is 39.8 Å². The molecule has 1 saturated heterocycles. The third kappa shape index (κ3) is 4.31. The lowest BCUT2D eigenvalue weighted by Gasteiger charge is -2.34. The molecule has 1 atom stereocenters. The van der Waals surface area contributed by atoms with Gasteiger partial charge in [-0.1, -0.05) is 6.07 Å². The summed E-state index contributed by atoms with van der Waals surface area (Å²) in [6.45, 7) is 5.82. The standard InChI is InChI=1S/C17H24N4O3/c1-13-3-4-16-18-14(9-21(16)7-13)8-20-5-6-24-15(11-20)10-19(2)12-17(22)23/h3-4,7,9,15H,5-6,8,10-12H2,1-2H3,(H,22,23). The van der Waals surface area contributed by atoms with Gasteiger partial charge < -0.3 is 14.2 Å². The second-order valence-corrected chi connectivity index (χ2v) is 6.52. The SMILES string of the molecule is Cc1ccc2nc(CN3CCOC(CN(C)CC(=O)O)C3)cn2c1. The molecule has 3 heterocycles. The monoisotopic (exact) mass is 332 g/mol. The van der Waals surface area contributed by atoms with Crippen molar-refractivity contribution < 1.29 is 14.6 Å². The Balaban J connectivity index is 1.59. The van der Waals surface area contributed by atoms with Crippen LogP contribution in [0.15, 0.2) is 24.5 Å². The maximum Gasteiger partial charge on any atom is 0.317 e. The summed E-state index contributed by atoms with van der Waals surface area (Å²) in [6.07, 6.45) is 4.18. The van der Waals surface area contributed by atoms with Crippen LogP contribution in [0.3, 0.4) is 0 Å². The average molecular weight is 332 g/mol. The molecule has 1 fully saturated rings. The highest BCUT2D eigenvalue weighted by molar-refractivity contribution is 5.69. The van der Waals surface area contributed by atoms with Crippen molar-refractivity contribution in [2.45, 2.75) is 19.6 Å². The van der Waals surface area contributed by atoms with Crippen molar-refractivity contribution in [1.82, 2.24) is 19.2 Å². The highest BCUT2D eigenvalue weighted by Gasteiger charge is 2.23. The number of morpholine rings is 1. The number of carbonyl (C=O) groups is 1. The van der Waals surface area contributed by atoms with Crippen LogP contribution in [-0.2, 0) is 16.1 Å². The van der Waals surface area contributed by atoms with E-state index in [2.05, 4.69) is 39.7 Å². The second-order valence-electron chi connectivity index (χ2n) is 6.52. The largest absolute Gasteiger partial charge is 0.480 e. The number of ether oxygens (including phenoxy) is 1. The smallest absolute Gasteiger partial charge is 0.317 e. The fourth-order valence-corrected chi connectivity index (χ4v) is 3.14. The van der Waals surface area contributed by atoms with Gasteiger partial charge >= 0.3 is 5.97 Å². The fraction of sp³-hybridized carbons (Fsp3) is 0.529. The molecule has 0 aliphatic carbocycles. The zero-order valence-corrected chi connectivity index (χ0v) is 14.2. The molecule has 24 heavy (non-hydrogen) atoms. The average Bonchev–Trinajstić information content (AvgIpc) is 2.87. The van der Waals surface area contributed by atoms with Gasteiger partial charge in [0.05, 0.1) is 24.9 Å². The zero-order chi connectivity index (χ0) is 17.1. The molecule has 3 rings (SSSR count). The number of carboxylic acids is 1. The van der Waals surface area contributed by atoms with Crippen LogP contribution in [0.2, 0.25) is 0 Å². The van der Waals surface area contributed by atoms with E-state index in [0.717, 1.165) is 31.0 Å². The number of imidazole rings is 1. The Kier molecular flexibility index (Phi) is 5.13. The van der Waals surface area contributed by atoms with Crippen LogP contribution >= 0.6 is 0 Å². The molecule has 0 amide bonds. The first-order valence-electron chi connectivity index (χ1n) is 8.18. The minimum atomic E-state index is -0.815. The molecule has 1 unspecified atom stereocenters. The lowest BCUT2D eigenvalue weighted by atomic mass is 10.2. The number of aryl methyl sites for hydroxylation is 1. The first-order chi connectivity index (χ1) is 11.5. The van der Waals surface area contributed by atoms with Gasteiger partial charge in [0.25, 0.3) is 0 Å². The first-order valence-corrected chi connectivity index (χ1v) is 8.18. The minimum absolute atomic E-state index is 0.0300. The number of hydrogen-bond donors (Lipinski definition) is 1. The van der Waals surface area contributed by atoms with Gasteiger partial charge in [0.1, 0.15) is 5.65 Å². The lowest BCUT2D eigenvalue weighted by Crippen LogP contribution is -2.47. The Labute approximate surface area is 141 Å². The van der Waals surface area contributed by atoms with Gasteiger partial charge in [0, 0.05) is 38.6 Å². The molecule has 1 N–H and O–H groups in total. The van der Waals surface area contributed by atoms with Gasteiger partial charge in [-0.15, -0.1) is 0 Å². The van der Waals surface area contributed by atoms with E-state index >= 15 is 0 Å².